The molecular formula is C67H129NO8. The molecule has 9 nitrogen and oxygen atoms in total. The van der Waals surface area contributed by atoms with Gasteiger partial charge in [0.25, 0.3) is 0 Å². The Morgan fingerprint density at radius 1 is 0.434 bits per heavy atom. The lowest BCUT2D eigenvalue weighted by Crippen LogP contribution is -2.60. The van der Waals surface area contributed by atoms with E-state index >= 15 is 0 Å². The molecule has 450 valence electrons. The van der Waals surface area contributed by atoms with Gasteiger partial charge in [-0.2, -0.15) is 0 Å². The average molecular weight is 1080 g/mol. The molecule has 0 radical (unpaired) electrons. The zero-order valence-corrected chi connectivity index (χ0v) is 50.3. The highest BCUT2D eigenvalue weighted by atomic mass is 16.7. The number of rotatable bonds is 59. The van der Waals surface area contributed by atoms with Gasteiger partial charge in [0.1, 0.15) is 24.4 Å². The van der Waals surface area contributed by atoms with E-state index in [1.165, 1.54) is 283 Å². The molecule has 9 heteroatoms. The lowest BCUT2D eigenvalue weighted by atomic mass is 9.99. The number of nitrogens with one attached hydrogen (secondary N) is 1. The van der Waals surface area contributed by atoms with Crippen LogP contribution in [0.2, 0.25) is 0 Å². The molecule has 0 aromatic carbocycles. The summed E-state index contributed by atoms with van der Waals surface area (Å²) in [6, 6.07) is -0.803. The SMILES string of the molecule is CCCCCCCCCCCCCCCC/C=C\CCCCCCCCCCCCCCCCCCCC(=O)NC(COC1OC(CO)C(O)C(O)C1O)C(O)/C=C/CCCCCCCCCCCCCCCCCC. The second kappa shape index (κ2) is 56.9. The highest BCUT2D eigenvalue weighted by molar-refractivity contribution is 5.76. The summed E-state index contributed by atoms with van der Waals surface area (Å²) in [5.74, 6) is -0.170. The van der Waals surface area contributed by atoms with Gasteiger partial charge in [-0.05, 0) is 44.9 Å². The Hall–Kier alpha value is -1.33. The summed E-state index contributed by atoms with van der Waals surface area (Å²) in [5, 5.41) is 54.6. The van der Waals surface area contributed by atoms with E-state index in [-0.39, 0.29) is 12.5 Å². The fourth-order valence-corrected chi connectivity index (χ4v) is 11.0. The average Bonchev–Trinajstić information content (AvgIpc) is 3.42. The Kier molecular flexibility index (Phi) is 54.4. The number of carbonyl (C=O) groups is 1. The third-order valence-electron chi connectivity index (χ3n) is 16.3. The second-order valence-corrected chi connectivity index (χ2v) is 23.6. The van der Waals surface area contributed by atoms with Crippen molar-refractivity contribution in [1.82, 2.24) is 5.32 Å². The van der Waals surface area contributed by atoms with E-state index in [0.717, 1.165) is 38.5 Å². The van der Waals surface area contributed by atoms with Crippen LogP contribution in [-0.4, -0.2) is 87.5 Å². The molecule has 1 fully saturated rings. The predicted molar refractivity (Wildman–Crippen MR) is 323 cm³/mol. The van der Waals surface area contributed by atoms with Crippen molar-refractivity contribution >= 4 is 5.91 Å². The van der Waals surface area contributed by atoms with Crippen LogP contribution >= 0.6 is 0 Å². The molecule has 0 aromatic heterocycles. The smallest absolute Gasteiger partial charge is 0.220 e. The Bertz CT molecular complexity index is 1250. The Labute approximate surface area is 470 Å². The topological polar surface area (TPSA) is 149 Å². The number of hydrogen-bond donors (Lipinski definition) is 6. The summed E-state index contributed by atoms with van der Waals surface area (Å²) in [6.45, 7) is 3.83. The Balaban J connectivity index is 2.09. The number of hydrogen-bond acceptors (Lipinski definition) is 8. The molecule has 1 aliphatic heterocycles. The maximum atomic E-state index is 13.1. The van der Waals surface area contributed by atoms with Crippen molar-refractivity contribution in [2.75, 3.05) is 13.2 Å². The van der Waals surface area contributed by atoms with Crippen LogP contribution in [-0.2, 0) is 14.3 Å². The third kappa shape index (κ3) is 45.4. The van der Waals surface area contributed by atoms with Crippen molar-refractivity contribution in [3.8, 4) is 0 Å². The summed E-state index contributed by atoms with van der Waals surface area (Å²) in [7, 11) is 0. The molecular weight excluding hydrogens is 947 g/mol. The monoisotopic (exact) mass is 1080 g/mol. The van der Waals surface area contributed by atoms with Gasteiger partial charge in [-0.3, -0.25) is 4.79 Å². The first kappa shape index (κ1) is 72.7. The first-order valence-electron chi connectivity index (χ1n) is 33.6. The summed E-state index contributed by atoms with van der Waals surface area (Å²) < 4.78 is 11.3. The molecule has 1 rings (SSSR count). The van der Waals surface area contributed by atoms with E-state index in [1.807, 2.05) is 6.08 Å². The molecule has 0 aromatic rings. The van der Waals surface area contributed by atoms with Crippen LogP contribution in [0.25, 0.3) is 0 Å². The minimum atomic E-state index is -1.57. The first-order chi connectivity index (χ1) is 37.3. The first-order valence-corrected chi connectivity index (χ1v) is 33.6. The standard InChI is InChI=1S/C67H129NO8/c1-3-5-7-9-11-13-15-17-19-21-23-24-25-26-27-28-29-30-31-32-33-34-35-36-37-38-39-41-43-45-47-49-51-53-55-57-63(71)68-60(59-75-67-66(74)65(73)64(72)62(58-69)76-67)61(70)56-54-52-50-48-46-44-42-40-22-20-18-16-14-12-10-8-6-4-2/h28-29,54,56,60-62,64-67,69-70,72-74H,3-27,30-53,55,57-59H2,1-2H3,(H,68,71)/b29-28-,56-54+. The summed E-state index contributed by atoms with van der Waals surface area (Å²) >= 11 is 0. The van der Waals surface area contributed by atoms with Gasteiger partial charge >= 0.3 is 0 Å². The van der Waals surface area contributed by atoms with Crippen LogP contribution in [0.1, 0.15) is 341 Å². The van der Waals surface area contributed by atoms with Crippen molar-refractivity contribution in [3.05, 3.63) is 24.3 Å². The van der Waals surface area contributed by atoms with Crippen LogP contribution in [0.15, 0.2) is 24.3 Å². The van der Waals surface area contributed by atoms with Crippen LogP contribution in [0.4, 0.5) is 0 Å². The van der Waals surface area contributed by atoms with Crippen molar-refractivity contribution in [2.45, 2.75) is 384 Å². The number of allylic oxidation sites excluding steroid dienone is 3. The van der Waals surface area contributed by atoms with Gasteiger partial charge in [0, 0.05) is 6.42 Å². The number of aliphatic hydroxyl groups excluding tert-OH is 5. The van der Waals surface area contributed by atoms with E-state index in [9.17, 15) is 30.3 Å². The third-order valence-corrected chi connectivity index (χ3v) is 16.3. The fourth-order valence-electron chi connectivity index (χ4n) is 11.0. The predicted octanol–water partition coefficient (Wildman–Crippen LogP) is 17.7. The van der Waals surface area contributed by atoms with Crippen LogP contribution in [0, 0.1) is 0 Å². The molecule has 1 amide bonds. The van der Waals surface area contributed by atoms with E-state index < -0.39 is 49.5 Å². The molecule has 0 spiro atoms. The molecule has 0 bridgehead atoms. The number of aliphatic hydroxyl groups is 5. The molecule has 1 heterocycles. The minimum absolute atomic E-state index is 0.170. The van der Waals surface area contributed by atoms with Crippen molar-refractivity contribution in [3.63, 3.8) is 0 Å². The van der Waals surface area contributed by atoms with Gasteiger partial charge in [0.15, 0.2) is 6.29 Å². The van der Waals surface area contributed by atoms with E-state index in [4.69, 9.17) is 9.47 Å². The van der Waals surface area contributed by atoms with E-state index in [2.05, 4.69) is 31.3 Å². The lowest BCUT2D eigenvalue weighted by molar-refractivity contribution is -0.302. The molecule has 76 heavy (non-hydrogen) atoms. The summed E-state index contributed by atoms with van der Waals surface area (Å²) in [6.07, 6.45) is 67.1. The molecule has 6 N–H and O–H groups in total. The minimum Gasteiger partial charge on any atom is -0.394 e. The van der Waals surface area contributed by atoms with Gasteiger partial charge in [0.2, 0.25) is 5.91 Å². The maximum Gasteiger partial charge on any atom is 0.220 e. The van der Waals surface area contributed by atoms with E-state index in [0.29, 0.717) is 6.42 Å². The number of unbranched alkanes of at least 4 members (excludes halogenated alkanes) is 47. The normalized spacial score (nSPS) is 18.9. The summed E-state index contributed by atoms with van der Waals surface area (Å²) in [4.78, 5) is 13.1. The molecule has 0 saturated carbocycles. The molecule has 7 unspecified atom stereocenters. The molecule has 1 aliphatic rings. The number of ether oxygens (including phenoxy) is 2. The zero-order chi connectivity index (χ0) is 55.0. The molecule has 1 saturated heterocycles. The van der Waals surface area contributed by atoms with Crippen molar-refractivity contribution in [2.24, 2.45) is 0 Å². The van der Waals surface area contributed by atoms with Crippen molar-refractivity contribution in [1.29, 1.82) is 0 Å². The fraction of sp³-hybridized carbons (Fsp3) is 0.925. The molecule has 0 aliphatic carbocycles. The van der Waals surface area contributed by atoms with Gasteiger partial charge in [-0.25, -0.2) is 0 Å². The molecule has 7 atom stereocenters. The number of amides is 1. The highest BCUT2D eigenvalue weighted by Crippen LogP contribution is 2.23. The lowest BCUT2D eigenvalue weighted by Gasteiger charge is -2.40. The highest BCUT2D eigenvalue weighted by Gasteiger charge is 2.44. The van der Waals surface area contributed by atoms with Crippen LogP contribution in [0.3, 0.4) is 0 Å². The Morgan fingerprint density at radius 2 is 0.737 bits per heavy atom. The van der Waals surface area contributed by atoms with Gasteiger partial charge in [-0.1, -0.05) is 314 Å². The van der Waals surface area contributed by atoms with Gasteiger partial charge in [-0.15, -0.1) is 0 Å². The van der Waals surface area contributed by atoms with Crippen LogP contribution < -0.4 is 5.32 Å². The maximum absolute atomic E-state index is 13.1. The van der Waals surface area contributed by atoms with Gasteiger partial charge < -0.3 is 40.3 Å². The summed E-state index contributed by atoms with van der Waals surface area (Å²) in [5.41, 5.74) is 0. The largest absolute Gasteiger partial charge is 0.394 e. The Morgan fingerprint density at radius 3 is 1.07 bits per heavy atom. The number of carbonyl (C=O) groups excluding carboxylic acids is 1. The van der Waals surface area contributed by atoms with Crippen molar-refractivity contribution < 1.29 is 39.8 Å². The van der Waals surface area contributed by atoms with E-state index in [1.54, 1.807) is 6.08 Å². The van der Waals surface area contributed by atoms with Crippen LogP contribution in [0.5, 0.6) is 0 Å². The zero-order valence-electron chi connectivity index (χ0n) is 50.3. The second-order valence-electron chi connectivity index (χ2n) is 23.6. The van der Waals surface area contributed by atoms with Gasteiger partial charge in [0.05, 0.1) is 25.4 Å². The quantitative estimate of drug-likeness (QED) is 0.0261.